The molecule has 0 bridgehead atoms. The number of ether oxygens (including phenoxy) is 2. The van der Waals surface area contributed by atoms with E-state index >= 15 is 0 Å². The molecule has 0 aliphatic heterocycles. The molecule has 0 spiro atoms. The van der Waals surface area contributed by atoms with Crippen LogP contribution in [0.5, 0.6) is 11.5 Å². The fraction of sp³-hybridized carbons (Fsp3) is 0.381. The fourth-order valence-corrected chi connectivity index (χ4v) is 3.26. The van der Waals surface area contributed by atoms with Crippen molar-refractivity contribution in [2.45, 2.75) is 25.9 Å². The number of hydrogen-bond acceptors (Lipinski definition) is 6. The lowest BCUT2D eigenvalue weighted by molar-refractivity contribution is 0.317. The van der Waals surface area contributed by atoms with Crippen molar-refractivity contribution >= 4 is 0 Å². The van der Waals surface area contributed by atoms with Crippen LogP contribution in [0.2, 0.25) is 0 Å². The van der Waals surface area contributed by atoms with Crippen molar-refractivity contribution in [3.8, 4) is 11.5 Å². The summed E-state index contributed by atoms with van der Waals surface area (Å²) in [5.41, 5.74) is 3.53. The Morgan fingerprint density at radius 1 is 1.00 bits per heavy atom. The third kappa shape index (κ3) is 4.31. The molecule has 7 heteroatoms. The van der Waals surface area contributed by atoms with Crippen molar-refractivity contribution in [1.29, 1.82) is 0 Å². The van der Waals surface area contributed by atoms with Gasteiger partial charge >= 0.3 is 0 Å². The topological polar surface area (TPSA) is 65.3 Å². The molecule has 1 heterocycles. The SMILES string of the molecule is COc1ccc(CCn2nnnc2[C@@H](c2ccc(C)cc2)N(C)C)cc1OC. The van der Waals surface area contributed by atoms with Gasteiger partial charge in [-0.2, -0.15) is 0 Å². The van der Waals surface area contributed by atoms with Crippen LogP contribution in [0.3, 0.4) is 0 Å². The third-order valence-corrected chi connectivity index (χ3v) is 4.77. The van der Waals surface area contributed by atoms with Gasteiger partial charge in [0.2, 0.25) is 0 Å². The second kappa shape index (κ2) is 8.84. The van der Waals surface area contributed by atoms with Crippen LogP contribution in [-0.2, 0) is 13.0 Å². The van der Waals surface area contributed by atoms with Crippen molar-refractivity contribution in [1.82, 2.24) is 25.1 Å². The van der Waals surface area contributed by atoms with E-state index in [1.807, 2.05) is 37.0 Å². The minimum atomic E-state index is -0.0130. The average molecular weight is 381 g/mol. The van der Waals surface area contributed by atoms with Gasteiger partial charge in [-0.15, -0.1) is 5.10 Å². The Bertz CT molecular complexity index is 905. The molecular weight excluding hydrogens is 354 g/mol. The molecule has 2 aromatic carbocycles. The smallest absolute Gasteiger partial charge is 0.173 e. The first-order valence-electron chi connectivity index (χ1n) is 9.23. The highest BCUT2D eigenvalue weighted by molar-refractivity contribution is 5.42. The number of methoxy groups -OCH3 is 2. The first-order valence-corrected chi connectivity index (χ1v) is 9.23. The lowest BCUT2D eigenvalue weighted by Crippen LogP contribution is -2.25. The molecule has 0 aliphatic carbocycles. The molecule has 0 saturated heterocycles. The maximum Gasteiger partial charge on any atom is 0.173 e. The van der Waals surface area contributed by atoms with E-state index in [1.165, 1.54) is 5.56 Å². The summed E-state index contributed by atoms with van der Waals surface area (Å²) < 4.78 is 12.6. The first-order chi connectivity index (χ1) is 13.5. The van der Waals surface area contributed by atoms with Crippen LogP contribution in [0.25, 0.3) is 0 Å². The maximum absolute atomic E-state index is 5.40. The van der Waals surface area contributed by atoms with E-state index in [4.69, 9.17) is 9.47 Å². The van der Waals surface area contributed by atoms with Crippen molar-refractivity contribution in [3.63, 3.8) is 0 Å². The minimum Gasteiger partial charge on any atom is -0.493 e. The van der Waals surface area contributed by atoms with Gasteiger partial charge in [-0.3, -0.25) is 4.90 Å². The van der Waals surface area contributed by atoms with Crippen molar-refractivity contribution in [3.05, 3.63) is 65.0 Å². The van der Waals surface area contributed by atoms with Gasteiger partial charge < -0.3 is 9.47 Å². The standard InChI is InChI=1S/C21H27N5O2/c1-15-6-9-17(10-7-15)20(25(2)3)21-22-23-24-26(21)13-12-16-8-11-18(27-4)19(14-16)28-5/h6-11,14,20H,12-13H2,1-5H3/t20-/m1/s1. The Kier molecular flexibility index (Phi) is 6.26. The van der Waals surface area contributed by atoms with Gasteiger partial charge in [-0.1, -0.05) is 35.9 Å². The normalized spacial score (nSPS) is 12.2. The zero-order chi connectivity index (χ0) is 20.1. The molecule has 7 nitrogen and oxygen atoms in total. The van der Waals surface area contributed by atoms with E-state index in [0.29, 0.717) is 6.54 Å². The second-order valence-electron chi connectivity index (χ2n) is 6.98. The molecule has 28 heavy (non-hydrogen) atoms. The molecular formula is C21H27N5O2. The highest BCUT2D eigenvalue weighted by atomic mass is 16.5. The molecule has 0 radical (unpaired) electrons. The number of benzene rings is 2. The highest BCUT2D eigenvalue weighted by Crippen LogP contribution is 2.28. The van der Waals surface area contributed by atoms with E-state index in [1.54, 1.807) is 14.2 Å². The Morgan fingerprint density at radius 2 is 1.71 bits per heavy atom. The van der Waals surface area contributed by atoms with E-state index in [2.05, 4.69) is 51.6 Å². The van der Waals surface area contributed by atoms with E-state index in [0.717, 1.165) is 34.9 Å². The molecule has 3 rings (SSSR count). The van der Waals surface area contributed by atoms with Gasteiger partial charge in [0.1, 0.15) is 0 Å². The van der Waals surface area contributed by atoms with Crippen molar-refractivity contribution < 1.29 is 9.47 Å². The van der Waals surface area contributed by atoms with Crippen LogP contribution in [0.15, 0.2) is 42.5 Å². The third-order valence-electron chi connectivity index (χ3n) is 4.77. The largest absolute Gasteiger partial charge is 0.493 e. The molecule has 0 fully saturated rings. The zero-order valence-corrected chi connectivity index (χ0v) is 17.1. The van der Waals surface area contributed by atoms with Crippen molar-refractivity contribution in [2.24, 2.45) is 0 Å². The summed E-state index contributed by atoms with van der Waals surface area (Å²) in [4.78, 5) is 2.13. The molecule has 1 atom stereocenters. The van der Waals surface area contributed by atoms with Gasteiger partial charge in [0.05, 0.1) is 20.3 Å². The Labute approximate surface area is 165 Å². The van der Waals surface area contributed by atoms with Gasteiger partial charge in [-0.25, -0.2) is 4.68 Å². The minimum absolute atomic E-state index is 0.0130. The first kappa shape index (κ1) is 19.8. The summed E-state index contributed by atoms with van der Waals surface area (Å²) in [5, 5.41) is 12.5. The van der Waals surface area contributed by atoms with Gasteiger partial charge in [0.15, 0.2) is 17.3 Å². The summed E-state index contributed by atoms with van der Waals surface area (Å²) in [6.07, 6.45) is 0.784. The summed E-state index contributed by atoms with van der Waals surface area (Å²) in [5.74, 6) is 2.28. The van der Waals surface area contributed by atoms with Crippen LogP contribution in [0.1, 0.15) is 28.6 Å². The van der Waals surface area contributed by atoms with Gasteiger partial charge in [-0.05, 0) is 61.1 Å². The molecule has 148 valence electrons. The average Bonchev–Trinajstić information content (AvgIpc) is 3.15. The van der Waals surface area contributed by atoms with E-state index in [9.17, 15) is 0 Å². The molecule has 0 amide bonds. The van der Waals surface area contributed by atoms with Gasteiger partial charge in [0, 0.05) is 6.54 Å². The van der Waals surface area contributed by atoms with E-state index < -0.39 is 0 Å². The molecule has 0 unspecified atom stereocenters. The molecule has 0 aliphatic rings. The Hall–Kier alpha value is -2.93. The van der Waals surface area contributed by atoms with Gasteiger partial charge in [0.25, 0.3) is 0 Å². The molecule has 0 saturated carbocycles. The number of hydrogen-bond donors (Lipinski definition) is 0. The molecule has 0 N–H and O–H groups in total. The summed E-state index contributed by atoms with van der Waals surface area (Å²) >= 11 is 0. The second-order valence-corrected chi connectivity index (χ2v) is 6.98. The fourth-order valence-electron chi connectivity index (χ4n) is 3.26. The monoisotopic (exact) mass is 381 g/mol. The summed E-state index contributed by atoms with van der Waals surface area (Å²) in [6, 6.07) is 14.4. The lowest BCUT2D eigenvalue weighted by Gasteiger charge is -2.24. The predicted octanol–water partition coefficient (Wildman–Crippen LogP) is 2.89. The summed E-state index contributed by atoms with van der Waals surface area (Å²) in [6.45, 7) is 2.76. The number of tetrazole rings is 1. The maximum atomic E-state index is 5.40. The van der Waals surface area contributed by atoms with Crippen LogP contribution >= 0.6 is 0 Å². The quantitative estimate of drug-likeness (QED) is 0.598. The summed E-state index contributed by atoms with van der Waals surface area (Å²) in [7, 11) is 7.36. The number of aryl methyl sites for hydroxylation is 3. The Morgan fingerprint density at radius 3 is 2.36 bits per heavy atom. The Balaban J connectivity index is 1.82. The zero-order valence-electron chi connectivity index (χ0n) is 17.1. The van der Waals surface area contributed by atoms with Crippen molar-refractivity contribution in [2.75, 3.05) is 28.3 Å². The lowest BCUT2D eigenvalue weighted by atomic mass is 10.0. The highest BCUT2D eigenvalue weighted by Gasteiger charge is 2.23. The van der Waals surface area contributed by atoms with Crippen LogP contribution < -0.4 is 9.47 Å². The number of aromatic nitrogens is 4. The number of nitrogens with zero attached hydrogens (tertiary/aromatic N) is 5. The predicted molar refractivity (Wildman–Crippen MR) is 108 cm³/mol. The van der Waals surface area contributed by atoms with E-state index in [-0.39, 0.29) is 6.04 Å². The van der Waals surface area contributed by atoms with Crippen LogP contribution in [-0.4, -0.2) is 53.4 Å². The molecule has 1 aromatic heterocycles. The molecule has 3 aromatic rings. The van der Waals surface area contributed by atoms with Crippen LogP contribution in [0, 0.1) is 6.92 Å². The number of rotatable bonds is 8. The van der Waals surface area contributed by atoms with Crippen LogP contribution in [0.4, 0.5) is 0 Å².